The second-order valence-electron chi connectivity index (χ2n) is 7.55. The molecule has 0 N–H and O–H groups in total. The lowest BCUT2D eigenvalue weighted by atomic mass is 10.1. The number of hydrogen-bond acceptors (Lipinski definition) is 5. The summed E-state index contributed by atoms with van der Waals surface area (Å²) in [7, 11) is 1.92. The molecule has 0 spiro atoms. The van der Waals surface area contributed by atoms with Crippen LogP contribution in [0.4, 0.5) is 0 Å². The minimum atomic E-state index is 0.0123. The van der Waals surface area contributed by atoms with E-state index in [9.17, 15) is 4.79 Å². The molecule has 2 aromatic heterocycles. The molecule has 2 heterocycles. The van der Waals surface area contributed by atoms with Crippen molar-refractivity contribution in [3.05, 3.63) is 63.7 Å². The molecule has 7 nitrogen and oxygen atoms in total. The molecular formula is C21H29N5O2. The Bertz CT molecular complexity index is 969. The zero-order valence-corrected chi connectivity index (χ0v) is 17.3. The van der Waals surface area contributed by atoms with Crippen LogP contribution in [0.3, 0.4) is 0 Å². The molecule has 7 heteroatoms. The lowest BCUT2D eigenvalue weighted by Crippen LogP contribution is -2.27. The fraction of sp³-hybridized carbons (Fsp3) is 0.476. The first kappa shape index (κ1) is 20.1. The summed E-state index contributed by atoms with van der Waals surface area (Å²) in [6.07, 6.45) is 0.776. The third kappa shape index (κ3) is 4.25. The number of hydrogen-bond donors (Lipinski definition) is 0. The average Bonchev–Trinajstić information content (AvgIpc) is 3.18. The zero-order valence-electron chi connectivity index (χ0n) is 17.3. The van der Waals surface area contributed by atoms with Gasteiger partial charge in [-0.3, -0.25) is 14.4 Å². The lowest BCUT2D eigenvalue weighted by molar-refractivity contribution is 0.257. The van der Waals surface area contributed by atoms with Crippen LogP contribution >= 0.6 is 0 Å². The first-order chi connectivity index (χ1) is 13.4. The summed E-state index contributed by atoms with van der Waals surface area (Å²) >= 11 is 0. The van der Waals surface area contributed by atoms with Crippen LogP contribution in [-0.2, 0) is 26.6 Å². The van der Waals surface area contributed by atoms with Gasteiger partial charge in [0.15, 0.2) is 5.82 Å². The third-order valence-electron chi connectivity index (χ3n) is 4.96. The van der Waals surface area contributed by atoms with E-state index in [4.69, 9.17) is 4.52 Å². The maximum absolute atomic E-state index is 13.1. The van der Waals surface area contributed by atoms with Crippen molar-refractivity contribution < 1.29 is 4.52 Å². The highest BCUT2D eigenvalue weighted by Crippen LogP contribution is 2.14. The number of nitrogens with zero attached hydrogens (tertiary/aromatic N) is 5. The van der Waals surface area contributed by atoms with E-state index >= 15 is 0 Å². The van der Waals surface area contributed by atoms with Crippen molar-refractivity contribution in [2.24, 2.45) is 13.0 Å². The fourth-order valence-electron chi connectivity index (χ4n) is 3.30. The van der Waals surface area contributed by atoms with Gasteiger partial charge in [0.1, 0.15) is 0 Å². The van der Waals surface area contributed by atoms with Crippen molar-refractivity contribution in [3.63, 3.8) is 0 Å². The van der Waals surface area contributed by atoms with Gasteiger partial charge in [-0.25, -0.2) is 4.68 Å². The van der Waals surface area contributed by atoms with Crippen molar-refractivity contribution in [1.82, 2.24) is 24.4 Å². The maximum atomic E-state index is 13.1. The Hall–Kier alpha value is -2.67. The summed E-state index contributed by atoms with van der Waals surface area (Å²) in [6, 6.07) is 9.71. The Morgan fingerprint density at radius 1 is 1.18 bits per heavy atom. The Balaban J connectivity index is 1.82. The molecule has 1 aromatic carbocycles. The van der Waals surface area contributed by atoms with Crippen LogP contribution in [0, 0.1) is 12.8 Å². The van der Waals surface area contributed by atoms with Crippen LogP contribution in [0.2, 0.25) is 0 Å². The van der Waals surface area contributed by atoms with Gasteiger partial charge in [0, 0.05) is 25.7 Å². The zero-order chi connectivity index (χ0) is 20.3. The number of benzene rings is 1. The minimum Gasteiger partial charge on any atom is -0.339 e. The van der Waals surface area contributed by atoms with Crippen LogP contribution in [0.5, 0.6) is 0 Å². The van der Waals surface area contributed by atoms with Crippen LogP contribution in [-0.4, -0.2) is 30.9 Å². The highest BCUT2D eigenvalue weighted by Gasteiger charge is 2.19. The second-order valence-corrected chi connectivity index (χ2v) is 7.55. The van der Waals surface area contributed by atoms with Gasteiger partial charge in [0.25, 0.3) is 5.56 Å². The van der Waals surface area contributed by atoms with Crippen LogP contribution in [0.15, 0.2) is 39.6 Å². The van der Waals surface area contributed by atoms with Gasteiger partial charge in [-0.05, 0) is 31.5 Å². The molecule has 0 fully saturated rings. The molecule has 0 aliphatic heterocycles. The molecule has 3 aromatic rings. The largest absolute Gasteiger partial charge is 0.339 e. The highest BCUT2D eigenvalue weighted by atomic mass is 16.5. The van der Waals surface area contributed by atoms with E-state index in [1.54, 1.807) is 4.68 Å². The van der Waals surface area contributed by atoms with E-state index in [2.05, 4.69) is 35.8 Å². The van der Waals surface area contributed by atoms with E-state index in [0.717, 1.165) is 29.9 Å². The number of rotatable bonds is 8. The predicted octanol–water partition coefficient (Wildman–Crippen LogP) is 3.09. The third-order valence-corrected chi connectivity index (χ3v) is 4.96. The van der Waals surface area contributed by atoms with E-state index in [-0.39, 0.29) is 5.56 Å². The van der Waals surface area contributed by atoms with Crippen LogP contribution in [0.1, 0.15) is 43.7 Å². The standard InChI is InChI=1S/C21H29N5O2/c1-6-25(14-19-22-20(28-23-19)12-15(2)3)13-18-16(4)24(5)26(21(18)27)17-10-8-7-9-11-17/h7-11,15H,6,12-14H2,1-5H3. The molecule has 0 radical (unpaired) electrons. The summed E-state index contributed by atoms with van der Waals surface area (Å²) in [5, 5.41) is 4.10. The summed E-state index contributed by atoms with van der Waals surface area (Å²) in [4.78, 5) is 19.7. The van der Waals surface area contributed by atoms with E-state index in [0.29, 0.717) is 30.7 Å². The Kier molecular flexibility index (Phi) is 6.14. The maximum Gasteiger partial charge on any atom is 0.276 e. The summed E-state index contributed by atoms with van der Waals surface area (Å²) in [6.45, 7) is 10.2. The summed E-state index contributed by atoms with van der Waals surface area (Å²) in [5.74, 6) is 1.80. The normalized spacial score (nSPS) is 11.7. The van der Waals surface area contributed by atoms with Gasteiger partial charge >= 0.3 is 0 Å². The molecule has 0 saturated heterocycles. The quantitative estimate of drug-likeness (QED) is 0.598. The van der Waals surface area contributed by atoms with Gasteiger partial charge in [-0.1, -0.05) is 44.1 Å². The first-order valence-electron chi connectivity index (χ1n) is 9.77. The molecule has 0 aliphatic carbocycles. The topological polar surface area (TPSA) is 69.1 Å². The van der Waals surface area contributed by atoms with E-state index in [1.807, 2.05) is 49.0 Å². The Morgan fingerprint density at radius 2 is 1.89 bits per heavy atom. The smallest absolute Gasteiger partial charge is 0.276 e. The minimum absolute atomic E-state index is 0.0123. The van der Waals surface area contributed by atoms with Crippen molar-refractivity contribution in [1.29, 1.82) is 0 Å². The lowest BCUT2D eigenvalue weighted by Gasteiger charge is -2.17. The first-order valence-corrected chi connectivity index (χ1v) is 9.77. The molecule has 0 unspecified atom stereocenters. The molecule has 150 valence electrons. The average molecular weight is 383 g/mol. The Labute approximate surface area is 165 Å². The van der Waals surface area contributed by atoms with Crippen molar-refractivity contribution in [2.45, 2.75) is 47.2 Å². The van der Waals surface area contributed by atoms with E-state index < -0.39 is 0 Å². The predicted molar refractivity (Wildman–Crippen MR) is 108 cm³/mol. The number of aromatic nitrogens is 4. The molecule has 0 aliphatic rings. The van der Waals surface area contributed by atoms with E-state index in [1.165, 1.54) is 0 Å². The molecule has 0 saturated carbocycles. The monoisotopic (exact) mass is 383 g/mol. The molecule has 3 rings (SSSR count). The van der Waals surface area contributed by atoms with Gasteiger partial charge in [-0.2, -0.15) is 4.98 Å². The SMILES string of the molecule is CCN(Cc1noc(CC(C)C)n1)Cc1c(C)n(C)n(-c2ccccc2)c1=O. The van der Waals surface area contributed by atoms with Gasteiger partial charge in [0.05, 0.1) is 17.8 Å². The van der Waals surface area contributed by atoms with Crippen LogP contribution in [0.25, 0.3) is 5.69 Å². The highest BCUT2D eigenvalue weighted by molar-refractivity contribution is 5.33. The second kappa shape index (κ2) is 8.56. The fourth-order valence-corrected chi connectivity index (χ4v) is 3.30. The summed E-state index contributed by atoms with van der Waals surface area (Å²) < 4.78 is 8.97. The molecule has 0 bridgehead atoms. The van der Waals surface area contributed by atoms with Crippen molar-refractivity contribution in [2.75, 3.05) is 6.54 Å². The molecule has 28 heavy (non-hydrogen) atoms. The van der Waals surface area contributed by atoms with Crippen LogP contribution < -0.4 is 5.56 Å². The van der Waals surface area contributed by atoms with Gasteiger partial charge in [0.2, 0.25) is 5.89 Å². The van der Waals surface area contributed by atoms with Gasteiger partial charge in [-0.15, -0.1) is 0 Å². The molecule has 0 amide bonds. The van der Waals surface area contributed by atoms with Gasteiger partial charge < -0.3 is 4.52 Å². The molecular weight excluding hydrogens is 354 g/mol. The summed E-state index contributed by atoms with van der Waals surface area (Å²) in [5.41, 5.74) is 2.63. The molecule has 0 atom stereocenters. The van der Waals surface area contributed by atoms with Crippen molar-refractivity contribution in [3.8, 4) is 5.69 Å². The van der Waals surface area contributed by atoms with Crippen molar-refractivity contribution >= 4 is 0 Å². The Morgan fingerprint density at radius 3 is 2.54 bits per heavy atom. The number of para-hydroxylation sites is 1.